The van der Waals surface area contributed by atoms with Gasteiger partial charge in [-0.3, -0.25) is 9.80 Å². The molecule has 3 aromatic carbocycles. The minimum atomic E-state index is -1.30. The first-order valence-corrected chi connectivity index (χ1v) is 11.2. The van der Waals surface area contributed by atoms with Gasteiger partial charge >= 0.3 is 0 Å². The Morgan fingerprint density at radius 2 is 1.94 bits per heavy atom. The van der Waals surface area contributed by atoms with Gasteiger partial charge in [-0.15, -0.1) is 0 Å². The number of nitrogens with zero attached hydrogens (tertiary/aromatic N) is 3. The van der Waals surface area contributed by atoms with Gasteiger partial charge in [-0.05, 0) is 29.8 Å². The third-order valence-electron chi connectivity index (χ3n) is 5.72. The van der Waals surface area contributed by atoms with Crippen LogP contribution in [0, 0.1) is 11.6 Å². The normalized spacial score (nSPS) is 13.9. The number of carbonyl (C=O) groups excluding carboxylic acids is 1. The van der Waals surface area contributed by atoms with E-state index >= 15 is 0 Å². The number of fused-ring (bicyclic) bond motifs is 1. The molecule has 5 rings (SSSR count). The van der Waals surface area contributed by atoms with E-state index in [4.69, 9.17) is 10.5 Å². The lowest BCUT2D eigenvalue weighted by Crippen LogP contribution is -2.44. The van der Waals surface area contributed by atoms with Crippen LogP contribution in [0.1, 0.15) is 17.2 Å². The maximum absolute atomic E-state index is 14.5. The highest BCUT2D eigenvalue weighted by molar-refractivity contribution is 5.90. The van der Waals surface area contributed by atoms with Gasteiger partial charge in [-0.2, -0.15) is 0 Å². The molecule has 1 unspecified atom stereocenters. The molecule has 1 atom stereocenters. The summed E-state index contributed by atoms with van der Waals surface area (Å²) in [5.41, 5.74) is 10.1. The van der Waals surface area contributed by atoms with Crippen molar-refractivity contribution in [3.8, 4) is 5.75 Å². The standard InChI is InChI=1S/C26H22F2N6O2/c27-20-8-4-7-19(23(20)28)24(25(29)35)34-22(11-12-32-34)33-26-18-10-9-17(13-21(18)30-15-31-26)36-14-16-5-2-1-3-6-16/h1-11,13,15,24,32H,12,14H2,(H2,29,35)(H,30,31,33). The van der Waals surface area contributed by atoms with E-state index in [2.05, 4.69) is 20.7 Å². The molecular formula is C26H22F2N6O2. The van der Waals surface area contributed by atoms with Crippen LogP contribution in [0.25, 0.3) is 10.9 Å². The van der Waals surface area contributed by atoms with Crippen LogP contribution in [-0.4, -0.2) is 27.4 Å². The van der Waals surface area contributed by atoms with Gasteiger partial charge in [0.1, 0.15) is 30.3 Å². The number of benzene rings is 3. The smallest absolute Gasteiger partial charge is 0.246 e. The Hall–Kier alpha value is -4.57. The number of hydrazine groups is 1. The van der Waals surface area contributed by atoms with Crippen LogP contribution in [0.2, 0.25) is 0 Å². The van der Waals surface area contributed by atoms with Gasteiger partial charge in [0.15, 0.2) is 17.7 Å². The van der Waals surface area contributed by atoms with Crippen LogP contribution in [-0.2, 0) is 11.4 Å². The fraction of sp³-hybridized carbons (Fsp3) is 0.115. The van der Waals surface area contributed by atoms with Crippen molar-refractivity contribution in [3.05, 3.63) is 108 Å². The Bertz CT molecular complexity index is 1450. The average molecular weight is 488 g/mol. The quantitative estimate of drug-likeness (QED) is 0.347. The van der Waals surface area contributed by atoms with Crippen molar-refractivity contribution >= 4 is 22.6 Å². The summed E-state index contributed by atoms with van der Waals surface area (Å²) in [4.78, 5) is 21.0. The van der Waals surface area contributed by atoms with Crippen LogP contribution in [0.4, 0.5) is 14.6 Å². The van der Waals surface area contributed by atoms with Gasteiger partial charge in [0.25, 0.3) is 0 Å². The van der Waals surface area contributed by atoms with Gasteiger partial charge in [0.2, 0.25) is 5.91 Å². The first-order chi connectivity index (χ1) is 17.5. The molecule has 1 amide bonds. The van der Waals surface area contributed by atoms with E-state index in [9.17, 15) is 13.6 Å². The van der Waals surface area contributed by atoms with Gasteiger partial charge in [0, 0.05) is 23.6 Å². The number of primary amides is 1. The SMILES string of the molecule is NC(=O)C(c1cccc(F)c1F)N1NCC=C1Nc1ncnc2cc(OCc3ccccc3)ccc12. The molecular weight excluding hydrogens is 466 g/mol. The summed E-state index contributed by atoms with van der Waals surface area (Å²) in [6.45, 7) is 0.755. The first-order valence-electron chi connectivity index (χ1n) is 11.2. The number of hydrogen-bond donors (Lipinski definition) is 3. The molecule has 4 N–H and O–H groups in total. The summed E-state index contributed by atoms with van der Waals surface area (Å²) < 4.78 is 34.3. The molecule has 0 radical (unpaired) electrons. The summed E-state index contributed by atoms with van der Waals surface area (Å²) >= 11 is 0. The molecule has 0 fully saturated rings. The molecule has 0 saturated carbocycles. The molecule has 1 aliphatic rings. The maximum atomic E-state index is 14.5. The number of nitrogens with two attached hydrogens (primary N) is 1. The fourth-order valence-electron chi connectivity index (χ4n) is 4.01. The van der Waals surface area contributed by atoms with Crippen LogP contribution < -0.4 is 21.2 Å². The predicted molar refractivity (Wildman–Crippen MR) is 130 cm³/mol. The van der Waals surface area contributed by atoms with Crippen LogP contribution in [0.5, 0.6) is 5.75 Å². The minimum Gasteiger partial charge on any atom is -0.489 e. The van der Waals surface area contributed by atoms with Crippen LogP contribution >= 0.6 is 0 Å². The van der Waals surface area contributed by atoms with E-state index in [-0.39, 0.29) is 5.56 Å². The molecule has 0 aliphatic carbocycles. The number of amides is 1. The molecule has 0 bridgehead atoms. The molecule has 182 valence electrons. The Kier molecular flexibility index (Phi) is 6.42. The molecule has 0 saturated heterocycles. The van der Waals surface area contributed by atoms with Gasteiger partial charge in [0.05, 0.1) is 5.52 Å². The average Bonchev–Trinajstić information content (AvgIpc) is 3.33. The highest BCUT2D eigenvalue weighted by Gasteiger charge is 2.33. The lowest BCUT2D eigenvalue weighted by Gasteiger charge is -2.30. The van der Waals surface area contributed by atoms with E-state index < -0.39 is 23.6 Å². The number of ether oxygens (including phenoxy) is 1. The number of anilines is 1. The Morgan fingerprint density at radius 1 is 1.11 bits per heavy atom. The van der Waals surface area contributed by atoms with Gasteiger partial charge < -0.3 is 15.8 Å². The number of nitrogens with one attached hydrogen (secondary N) is 2. The zero-order valence-electron chi connectivity index (χ0n) is 19.0. The highest BCUT2D eigenvalue weighted by atomic mass is 19.2. The van der Waals surface area contributed by atoms with E-state index in [1.165, 1.54) is 23.5 Å². The second-order valence-corrected chi connectivity index (χ2v) is 8.07. The molecule has 4 aromatic rings. The molecule has 8 nitrogen and oxygen atoms in total. The lowest BCUT2D eigenvalue weighted by atomic mass is 10.0. The fourth-order valence-corrected chi connectivity index (χ4v) is 4.01. The van der Waals surface area contributed by atoms with Crippen LogP contribution in [0.15, 0.2) is 85.0 Å². The number of halogens is 2. The monoisotopic (exact) mass is 488 g/mol. The van der Waals surface area contributed by atoms with Crippen molar-refractivity contribution in [2.24, 2.45) is 5.73 Å². The summed E-state index contributed by atoms with van der Waals surface area (Å²) in [5, 5.41) is 5.22. The van der Waals surface area contributed by atoms with Crippen molar-refractivity contribution in [3.63, 3.8) is 0 Å². The lowest BCUT2D eigenvalue weighted by molar-refractivity contribution is -0.123. The third-order valence-corrected chi connectivity index (χ3v) is 5.72. The highest BCUT2D eigenvalue weighted by Crippen LogP contribution is 2.30. The molecule has 1 aromatic heterocycles. The van der Waals surface area contributed by atoms with Crippen molar-refractivity contribution in [1.82, 2.24) is 20.4 Å². The van der Waals surface area contributed by atoms with E-state index in [1.807, 2.05) is 42.5 Å². The Labute approximate surface area is 205 Å². The minimum absolute atomic E-state index is 0.183. The summed E-state index contributed by atoms with van der Waals surface area (Å²) in [6.07, 6.45) is 3.15. The second-order valence-electron chi connectivity index (χ2n) is 8.07. The molecule has 1 aliphatic heterocycles. The topological polar surface area (TPSA) is 105 Å². The maximum Gasteiger partial charge on any atom is 0.246 e. The van der Waals surface area contributed by atoms with Crippen molar-refractivity contribution in [2.45, 2.75) is 12.6 Å². The third kappa shape index (κ3) is 4.66. The summed E-state index contributed by atoms with van der Waals surface area (Å²) in [6, 6.07) is 17.6. The van der Waals surface area contributed by atoms with E-state index in [1.54, 1.807) is 12.1 Å². The number of rotatable bonds is 8. The zero-order chi connectivity index (χ0) is 25.1. The molecule has 36 heavy (non-hydrogen) atoms. The number of hydrogen-bond acceptors (Lipinski definition) is 7. The van der Waals surface area contributed by atoms with Gasteiger partial charge in [-0.25, -0.2) is 24.2 Å². The van der Waals surface area contributed by atoms with E-state index in [0.29, 0.717) is 41.4 Å². The Morgan fingerprint density at radius 3 is 2.75 bits per heavy atom. The summed E-state index contributed by atoms with van der Waals surface area (Å²) in [5.74, 6) is -1.54. The molecule has 0 spiro atoms. The van der Waals surface area contributed by atoms with Crippen molar-refractivity contribution in [1.29, 1.82) is 0 Å². The van der Waals surface area contributed by atoms with Crippen LogP contribution in [0.3, 0.4) is 0 Å². The van der Waals surface area contributed by atoms with E-state index in [0.717, 1.165) is 11.6 Å². The first kappa shape index (κ1) is 23.2. The van der Waals surface area contributed by atoms with Crippen molar-refractivity contribution < 1.29 is 18.3 Å². The predicted octanol–water partition coefficient (Wildman–Crippen LogP) is 3.79. The Balaban J connectivity index is 1.39. The van der Waals surface area contributed by atoms with Gasteiger partial charge in [-0.1, -0.05) is 42.5 Å². The summed E-state index contributed by atoms with van der Waals surface area (Å²) in [7, 11) is 0. The molecule has 2 heterocycles. The number of carbonyl (C=O) groups is 1. The zero-order valence-corrected chi connectivity index (χ0v) is 19.0. The molecule has 10 heteroatoms. The largest absolute Gasteiger partial charge is 0.489 e. The second kappa shape index (κ2) is 9.96. The number of aromatic nitrogens is 2. The van der Waals surface area contributed by atoms with Crippen molar-refractivity contribution in [2.75, 3.05) is 11.9 Å².